The van der Waals surface area contributed by atoms with E-state index in [1.54, 1.807) is 0 Å². The van der Waals surface area contributed by atoms with E-state index in [1.807, 2.05) is 30.5 Å². The standard InChI is InChI=1S/C18H17F2N3O/c19-14-5-3-6-15(20)18(14)23-17(24)11-21-9-8-12-10-22-16-7-2-1-4-13(12)16/h1-7,10,21-22H,8-9,11H2,(H,23,24). The zero-order chi connectivity index (χ0) is 16.9. The molecule has 0 radical (unpaired) electrons. The summed E-state index contributed by atoms with van der Waals surface area (Å²) in [7, 11) is 0. The van der Waals surface area contributed by atoms with Crippen molar-refractivity contribution in [3.8, 4) is 0 Å². The van der Waals surface area contributed by atoms with Crippen LogP contribution in [0.5, 0.6) is 0 Å². The summed E-state index contributed by atoms with van der Waals surface area (Å²) in [5.74, 6) is -2.07. The Hall–Kier alpha value is -2.73. The van der Waals surface area contributed by atoms with E-state index in [1.165, 1.54) is 6.07 Å². The van der Waals surface area contributed by atoms with Gasteiger partial charge in [-0.25, -0.2) is 8.78 Å². The Morgan fingerprint density at radius 2 is 1.79 bits per heavy atom. The van der Waals surface area contributed by atoms with E-state index in [-0.39, 0.29) is 6.54 Å². The van der Waals surface area contributed by atoms with Crippen LogP contribution in [0.25, 0.3) is 10.9 Å². The molecule has 3 N–H and O–H groups in total. The largest absolute Gasteiger partial charge is 0.361 e. The van der Waals surface area contributed by atoms with Crippen molar-refractivity contribution >= 4 is 22.5 Å². The third kappa shape index (κ3) is 3.60. The van der Waals surface area contributed by atoms with Crippen LogP contribution in [-0.2, 0) is 11.2 Å². The highest BCUT2D eigenvalue weighted by molar-refractivity contribution is 5.92. The van der Waals surface area contributed by atoms with Gasteiger partial charge in [0.05, 0.1) is 6.54 Å². The van der Waals surface area contributed by atoms with Crippen molar-refractivity contribution in [1.29, 1.82) is 0 Å². The van der Waals surface area contributed by atoms with Gasteiger partial charge in [-0.05, 0) is 36.7 Å². The molecule has 0 unspecified atom stereocenters. The number of amides is 1. The van der Waals surface area contributed by atoms with Crippen LogP contribution in [0.3, 0.4) is 0 Å². The maximum atomic E-state index is 13.5. The number of hydrogen-bond acceptors (Lipinski definition) is 2. The fraction of sp³-hybridized carbons (Fsp3) is 0.167. The van der Waals surface area contributed by atoms with Crippen LogP contribution in [0.2, 0.25) is 0 Å². The van der Waals surface area contributed by atoms with Crippen molar-refractivity contribution in [3.05, 3.63) is 65.9 Å². The molecule has 3 aromatic rings. The number of carbonyl (C=O) groups excluding carboxylic acids is 1. The first kappa shape index (κ1) is 16.1. The lowest BCUT2D eigenvalue weighted by molar-refractivity contribution is -0.115. The molecular weight excluding hydrogens is 312 g/mol. The first-order valence-electron chi connectivity index (χ1n) is 7.65. The third-order valence-electron chi connectivity index (χ3n) is 3.76. The number of para-hydroxylation sites is 2. The smallest absolute Gasteiger partial charge is 0.238 e. The number of H-pyrrole nitrogens is 1. The summed E-state index contributed by atoms with van der Waals surface area (Å²) in [5, 5.41) is 6.37. The minimum absolute atomic E-state index is 0.0177. The molecule has 24 heavy (non-hydrogen) atoms. The summed E-state index contributed by atoms with van der Waals surface area (Å²) in [4.78, 5) is 15.0. The van der Waals surface area contributed by atoms with Crippen LogP contribution in [-0.4, -0.2) is 24.0 Å². The Labute approximate surface area is 137 Å². The molecule has 0 saturated carbocycles. The average molecular weight is 329 g/mol. The molecule has 0 spiro atoms. The summed E-state index contributed by atoms with van der Waals surface area (Å²) in [6.45, 7) is 0.561. The maximum Gasteiger partial charge on any atom is 0.238 e. The fourth-order valence-corrected chi connectivity index (χ4v) is 2.56. The molecule has 0 aliphatic carbocycles. The minimum atomic E-state index is -0.790. The highest BCUT2D eigenvalue weighted by atomic mass is 19.1. The summed E-state index contributed by atoms with van der Waals surface area (Å²) >= 11 is 0. The lowest BCUT2D eigenvalue weighted by atomic mass is 10.1. The molecule has 2 aromatic carbocycles. The SMILES string of the molecule is O=C(CNCCc1c[nH]c2ccccc12)Nc1c(F)cccc1F. The molecule has 3 rings (SSSR count). The van der Waals surface area contributed by atoms with Gasteiger partial charge in [0.1, 0.15) is 17.3 Å². The van der Waals surface area contributed by atoms with Crippen LogP contribution in [0.4, 0.5) is 14.5 Å². The highest BCUT2D eigenvalue weighted by Crippen LogP contribution is 2.18. The lowest BCUT2D eigenvalue weighted by Crippen LogP contribution is -2.30. The van der Waals surface area contributed by atoms with Crippen molar-refractivity contribution in [3.63, 3.8) is 0 Å². The van der Waals surface area contributed by atoms with Crippen molar-refractivity contribution in [1.82, 2.24) is 10.3 Å². The van der Waals surface area contributed by atoms with Crippen LogP contribution in [0.15, 0.2) is 48.7 Å². The van der Waals surface area contributed by atoms with Gasteiger partial charge in [0, 0.05) is 17.1 Å². The van der Waals surface area contributed by atoms with Crippen molar-refractivity contribution in [2.24, 2.45) is 0 Å². The highest BCUT2D eigenvalue weighted by Gasteiger charge is 2.11. The van der Waals surface area contributed by atoms with Crippen LogP contribution >= 0.6 is 0 Å². The van der Waals surface area contributed by atoms with Gasteiger partial charge in [0.2, 0.25) is 5.91 Å². The number of benzene rings is 2. The fourth-order valence-electron chi connectivity index (χ4n) is 2.56. The number of anilines is 1. The van der Waals surface area contributed by atoms with E-state index >= 15 is 0 Å². The quantitative estimate of drug-likeness (QED) is 0.608. The first-order valence-corrected chi connectivity index (χ1v) is 7.65. The molecule has 6 heteroatoms. The number of nitrogens with one attached hydrogen (secondary N) is 3. The molecule has 124 valence electrons. The number of rotatable bonds is 6. The van der Waals surface area contributed by atoms with Gasteiger partial charge < -0.3 is 15.6 Å². The third-order valence-corrected chi connectivity index (χ3v) is 3.76. The van der Waals surface area contributed by atoms with Gasteiger partial charge in [-0.1, -0.05) is 24.3 Å². The molecule has 1 amide bonds. The summed E-state index contributed by atoms with van der Waals surface area (Å²) in [5.41, 5.74) is 1.81. The van der Waals surface area contributed by atoms with Gasteiger partial charge in [-0.3, -0.25) is 4.79 Å². The number of aromatic nitrogens is 1. The molecule has 1 heterocycles. The van der Waals surface area contributed by atoms with Gasteiger partial charge in [-0.2, -0.15) is 0 Å². The zero-order valence-electron chi connectivity index (χ0n) is 12.9. The summed E-state index contributed by atoms with van der Waals surface area (Å²) in [6, 6.07) is 11.4. The molecule has 0 atom stereocenters. The van der Waals surface area contributed by atoms with Crippen molar-refractivity contribution < 1.29 is 13.6 Å². The normalized spacial score (nSPS) is 10.9. The molecule has 1 aromatic heterocycles. The molecule has 0 aliphatic heterocycles. The maximum absolute atomic E-state index is 13.5. The van der Waals surface area contributed by atoms with Crippen LogP contribution < -0.4 is 10.6 Å². The second-order valence-electron chi connectivity index (χ2n) is 5.43. The van der Waals surface area contributed by atoms with E-state index in [2.05, 4.69) is 15.6 Å². The second kappa shape index (κ2) is 7.23. The number of hydrogen-bond donors (Lipinski definition) is 3. The molecule has 0 aliphatic rings. The summed E-state index contributed by atoms with van der Waals surface area (Å²) < 4.78 is 26.9. The van der Waals surface area contributed by atoms with Crippen LogP contribution in [0, 0.1) is 11.6 Å². The monoisotopic (exact) mass is 329 g/mol. The van der Waals surface area contributed by atoms with E-state index in [4.69, 9.17) is 0 Å². The van der Waals surface area contributed by atoms with Crippen molar-refractivity contribution in [2.75, 3.05) is 18.4 Å². The predicted molar refractivity (Wildman–Crippen MR) is 89.9 cm³/mol. The number of aromatic amines is 1. The van der Waals surface area contributed by atoms with E-state index in [9.17, 15) is 13.6 Å². The Morgan fingerprint density at radius 3 is 2.58 bits per heavy atom. The zero-order valence-corrected chi connectivity index (χ0v) is 12.9. The van der Waals surface area contributed by atoms with E-state index < -0.39 is 23.2 Å². The Morgan fingerprint density at radius 1 is 1.04 bits per heavy atom. The average Bonchev–Trinajstić information content (AvgIpc) is 2.98. The molecular formula is C18H17F2N3O. The number of fused-ring (bicyclic) bond motifs is 1. The van der Waals surface area contributed by atoms with E-state index in [0.717, 1.165) is 35.0 Å². The molecule has 4 nitrogen and oxygen atoms in total. The van der Waals surface area contributed by atoms with Gasteiger partial charge >= 0.3 is 0 Å². The first-order chi connectivity index (χ1) is 11.6. The van der Waals surface area contributed by atoms with Gasteiger partial charge in [0.15, 0.2) is 0 Å². The number of carbonyl (C=O) groups is 1. The Bertz CT molecular complexity index is 840. The molecule has 0 saturated heterocycles. The van der Waals surface area contributed by atoms with Gasteiger partial charge in [-0.15, -0.1) is 0 Å². The van der Waals surface area contributed by atoms with Gasteiger partial charge in [0.25, 0.3) is 0 Å². The topological polar surface area (TPSA) is 56.9 Å². The minimum Gasteiger partial charge on any atom is -0.361 e. The predicted octanol–water partition coefficient (Wildman–Crippen LogP) is 3.22. The second-order valence-corrected chi connectivity index (χ2v) is 5.43. The van der Waals surface area contributed by atoms with Crippen molar-refractivity contribution in [2.45, 2.75) is 6.42 Å². The van der Waals surface area contributed by atoms with E-state index in [0.29, 0.717) is 6.54 Å². The lowest BCUT2D eigenvalue weighted by Gasteiger charge is -2.08. The summed E-state index contributed by atoms with van der Waals surface area (Å²) in [6.07, 6.45) is 2.69. The number of halogens is 2. The molecule has 0 fully saturated rings. The Kier molecular flexibility index (Phi) is 4.86. The van der Waals surface area contributed by atoms with Crippen LogP contribution in [0.1, 0.15) is 5.56 Å². The molecule has 0 bridgehead atoms. The Balaban J connectivity index is 1.49.